The standard InChI is InChI=1S/C13H14F3NO2/c14-9-3-1-8(2-4-9)5-17-6-10(13(15)16)12(19)11(18)7-17/h1-4,11-12,18-19H,5-7H2/t11-,12-/m1/s1. The number of piperidine rings is 1. The molecule has 3 nitrogen and oxygen atoms in total. The van der Waals surface area contributed by atoms with Gasteiger partial charge in [-0.2, -0.15) is 8.78 Å². The van der Waals surface area contributed by atoms with Crippen LogP contribution in [0.5, 0.6) is 0 Å². The summed E-state index contributed by atoms with van der Waals surface area (Å²) in [4.78, 5) is 1.58. The Bertz CT molecular complexity index is 471. The third kappa shape index (κ3) is 3.34. The lowest BCUT2D eigenvalue weighted by Gasteiger charge is -2.34. The third-order valence-electron chi connectivity index (χ3n) is 3.12. The van der Waals surface area contributed by atoms with E-state index in [2.05, 4.69) is 0 Å². The zero-order valence-electron chi connectivity index (χ0n) is 10.1. The Hall–Kier alpha value is -1.37. The van der Waals surface area contributed by atoms with Gasteiger partial charge in [0.25, 0.3) is 6.08 Å². The highest BCUT2D eigenvalue weighted by molar-refractivity contribution is 5.19. The van der Waals surface area contributed by atoms with E-state index < -0.39 is 23.9 Å². The second-order valence-corrected chi connectivity index (χ2v) is 4.59. The van der Waals surface area contributed by atoms with Gasteiger partial charge in [-0.3, -0.25) is 4.90 Å². The topological polar surface area (TPSA) is 43.7 Å². The lowest BCUT2D eigenvalue weighted by molar-refractivity contribution is -0.0122. The van der Waals surface area contributed by atoms with Crippen LogP contribution in [0, 0.1) is 5.82 Å². The van der Waals surface area contributed by atoms with E-state index in [0.29, 0.717) is 6.54 Å². The number of benzene rings is 1. The molecule has 19 heavy (non-hydrogen) atoms. The first-order valence-electron chi connectivity index (χ1n) is 5.84. The van der Waals surface area contributed by atoms with E-state index >= 15 is 0 Å². The number of β-amino-alcohol motifs (C(OH)–C–C–N with tert-alkyl or cyclic N) is 1. The van der Waals surface area contributed by atoms with Crippen molar-refractivity contribution in [1.82, 2.24) is 4.90 Å². The zero-order chi connectivity index (χ0) is 14.0. The maximum atomic E-state index is 12.8. The summed E-state index contributed by atoms with van der Waals surface area (Å²) in [7, 11) is 0. The molecule has 6 heteroatoms. The molecule has 0 saturated carbocycles. The van der Waals surface area contributed by atoms with Crippen molar-refractivity contribution in [2.75, 3.05) is 13.1 Å². The summed E-state index contributed by atoms with van der Waals surface area (Å²) in [5, 5.41) is 19.0. The Kier molecular flexibility index (Phi) is 4.24. The van der Waals surface area contributed by atoms with Crippen molar-refractivity contribution in [1.29, 1.82) is 0 Å². The number of rotatable bonds is 2. The molecule has 0 aromatic heterocycles. The predicted octanol–water partition coefficient (Wildman–Crippen LogP) is 1.51. The Morgan fingerprint density at radius 3 is 2.42 bits per heavy atom. The molecule has 1 aliphatic heterocycles. The average molecular weight is 273 g/mol. The number of aliphatic hydroxyl groups excluding tert-OH is 2. The van der Waals surface area contributed by atoms with Crippen molar-refractivity contribution >= 4 is 0 Å². The van der Waals surface area contributed by atoms with Gasteiger partial charge in [-0.1, -0.05) is 12.1 Å². The van der Waals surface area contributed by atoms with E-state index in [9.17, 15) is 23.4 Å². The Balaban J connectivity index is 2.09. The van der Waals surface area contributed by atoms with Gasteiger partial charge in [-0.25, -0.2) is 4.39 Å². The molecule has 0 unspecified atom stereocenters. The predicted molar refractivity (Wildman–Crippen MR) is 62.9 cm³/mol. The van der Waals surface area contributed by atoms with Gasteiger partial charge in [-0.15, -0.1) is 0 Å². The minimum absolute atomic E-state index is 0.0926. The molecule has 1 fully saturated rings. The van der Waals surface area contributed by atoms with Crippen LogP contribution in [-0.2, 0) is 6.54 Å². The molecule has 1 aromatic carbocycles. The van der Waals surface area contributed by atoms with E-state index in [-0.39, 0.29) is 18.9 Å². The highest BCUT2D eigenvalue weighted by atomic mass is 19.3. The van der Waals surface area contributed by atoms with Gasteiger partial charge in [0.1, 0.15) is 11.9 Å². The van der Waals surface area contributed by atoms with Crippen LogP contribution in [-0.4, -0.2) is 40.4 Å². The molecule has 2 N–H and O–H groups in total. The first-order chi connectivity index (χ1) is 8.97. The second kappa shape index (κ2) is 5.73. The van der Waals surface area contributed by atoms with Gasteiger partial charge in [0, 0.05) is 25.2 Å². The number of hydrogen-bond donors (Lipinski definition) is 2. The van der Waals surface area contributed by atoms with E-state index in [0.717, 1.165) is 5.56 Å². The van der Waals surface area contributed by atoms with Crippen LogP contribution in [0.2, 0.25) is 0 Å². The number of likely N-dealkylation sites (tertiary alicyclic amines) is 1. The summed E-state index contributed by atoms with van der Waals surface area (Å²) in [6.07, 6.45) is -4.73. The number of halogens is 3. The molecule has 0 aliphatic carbocycles. The van der Waals surface area contributed by atoms with Crippen molar-refractivity contribution in [2.45, 2.75) is 18.8 Å². The van der Waals surface area contributed by atoms with E-state index in [1.165, 1.54) is 12.1 Å². The molecule has 0 bridgehead atoms. The normalized spacial score (nSPS) is 24.6. The summed E-state index contributed by atoms with van der Waals surface area (Å²) in [6, 6.07) is 5.69. The molecular formula is C13H14F3NO2. The molecular weight excluding hydrogens is 259 g/mol. The summed E-state index contributed by atoms with van der Waals surface area (Å²) in [5.74, 6) is -0.367. The van der Waals surface area contributed by atoms with Crippen molar-refractivity contribution in [3.05, 3.63) is 47.3 Å². The van der Waals surface area contributed by atoms with Gasteiger partial charge >= 0.3 is 0 Å². The van der Waals surface area contributed by atoms with Crippen LogP contribution in [0.15, 0.2) is 35.9 Å². The Morgan fingerprint density at radius 2 is 1.84 bits per heavy atom. The molecule has 1 aromatic rings. The molecule has 1 heterocycles. The van der Waals surface area contributed by atoms with Crippen molar-refractivity contribution in [2.24, 2.45) is 0 Å². The minimum Gasteiger partial charge on any atom is -0.389 e. The fraction of sp³-hybridized carbons (Fsp3) is 0.385. The van der Waals surface area contributed by atoms with Gasteiger partial charge in [-0.05, 0) is 17.7 Å². The van der Waals surface area contributed by atoms with Gasteiger partial charge in [0.05, 0.1) is 6.10 Å². The molecule has 2 rings (SSSR count). The summed E-state index contributed by atoms with van der Waals surface area (Å²) < 4.78 is 38.0. The highest BCUT2D eigenvalue weighted by Gasteiger charge is 2.32. The fourth-order valence-electron chi connectivity index (χ4n) is 2.14. The molecule has 1 aliphatic rings. The molecule has 104 valence electrons. The Labute approximate surface area is 108 Å². The van der Waals surface area contributed by atoms with Crippen LogP contribution < -0.4 is 0 Å². The van der Waals surface area contributed by atoms with Gasteiger partial charge in [0.2, 0.25) is 0 Å². The van der Waals surface area contributed by atoms with Crippen LogP contribution in [0.3, 0.4) is 0 Å². The summed E-state index contributed by atoms with van der Waals surface area (Å²) in [6.45, 7) is 0.286. The first kappa shape index (κ1) is 14.0. The van der Waals surface area contributed by atoms with Crippen LogP contribution in [0.25, 0.3) is 0 Å². The first-order valence-corrected chi connectivity index (χ1v) is 5.84. The smallest absolute Gasteiger partial charge is 0.273 e. The lowest BCUT2D eigenvalue weighted by Crippen LogP contribution is -2.48. The second-order valence-electron chi connectivity index (χ2n) is 4.59. The number of hydrogen-bond acceptors (Lipinski definition) is 3. The fourth-order valence-corrected chi connectivity index (χ4v) is 2.14. The van der Waals surface area contributed by atoms with E-state index in [4.69, 9.17) is 0 Å². The van der Waals surface area contributed by atoms with E-state index in [1.807, 2.05) is 0 Å². The van der Waals surface area contributed by atoms with Gasteiger partial charge < -0.3 is 10.2 Å². The molecule has 0 spiro atoms. The van der Waals surface area contributed by atoms with E-state index in [1.54, 1.807) is 17.0 Å². The van der Waals surface area contributed by atoms with Crippen molar-refractivity contribution in [3.8, 4) is 0 Å². The number of nitrogens with zero attached hydrogens (tertiary/aromatic N) is 1. The maximum absolute atomic E-state index is 12.8. The summed E-state index contributed by atoms with van der Waals surface area (Å²) in [5.41, 5.74) is 0.296. The largest absolute Gasteiger partial charge is 0.389 e. The molecule has 0 radical (unpaired) electrons. The average Bonchev–Trinajstić information content (AvgIpc) is 2.36. The maximum Gasteiger partial charge on any atom is 0.273 e. The van der Waals surface area contributed by atoms with Crippen LogP contribution in [0.4, 0.5) is 13.2 Å². The number of aliphatic hydroxyl groups is 2. The van der Waals surface area contributed by atoms with Gasteiger partial charge in [0.15, 0.2) is 0 Å². The quantitative estimate of drug-likeness (QED) is 0.858. The molecule has 1 saturated heterocycles. The summed E-state index contributed by atoms with van der Waals surface area (Å²) >= 11 is 0. The van der Waals surface area contributed by atoms with Crippen LogP contribution >= 0.6 is 0 Å². The third-order valence-corrected chi connectivity index (χ3v) is 3.12. The Morgan fingerprint density at radius 1 is 1.21 bits per heavy atom. The van der Waals surface area contributed by atoms with Crippen LogP contribution in [0.1, 0.15) is 5.56 Å². The molecule has 0 amide bonds. The SMILES string of the molecule is O[C@@H]1CN(Cc2ccc(F)cc2)CC(=C(F)F)[C@H]1O. The lowest BCUT2D eigenvalue weighted by atomic mass is 9.99. The van der Waals surface area contributed by atoms with Crippen molar-refractivity contribution < 1.29 is 23.4 Å². The highest BCUT2D eigenvalue weighted by Crippen LogP contribution is 2.23. The zero-order valence-corrected chi connectivity index (χ0v) is 10.1. The monoisotopic (exact) mass is 273 g/mol. The minimum atomic E-state index is -1.96. The molecule has 2 atom stereocenters. The van der Waals surface area contributed by atoms with Crippen molar-refractivity contribution in [3.63, 3.8) is 0 Å².